The Morgan fingerprint density at radius 1 is 1.12 bits per heavy atom. The third kappa shape index (κ3) is 3.85. The highest BCUT2D eigenvalue weighted by Gasteiger charge is 2.40. The van der Waals surface area contributed by atoms with Crippen LogP contribution in [0.1, 0.15) is 31.4 Å². The van der Waals surface area contributed by atoms with Crippen molar-refractivity contribution in [1.29, 1.82) is 0 Å². The lowest BCUT2D eigenvalue weighted by molar-refractivity contribution is -0.117. The lowest BCUT2D eigenvalue weighted by Gasteiger charge is -2.32. The van der Waals surface area contributed by atoms with Crippen LogP contribution in [0.5, 0.6) is 0 Å². The Kier molecular flexibility index (Phi) is 5.03. The molecular weight excluding hydrogens is 438 g/mol. The van der Waals surface area contributed by atoms with Crippen molar-refractivity contribution in [3.63, 3.8) is 0 Å². The monoisotopic (exact) mass is 463 g/mol. The molecule has 170 valence electrons. The number of piperidine rings is 1. The number of carbonyl (C=O) groups excluding carboxylic acids is 1. The van der Waals surface area contributed by atoms with E-state index in [2.05, 4.69) is 20.6 Å². The first-order chi connectivity index (χ1) is 16.1. The molecule has 0 radical (unpaired) electrons. The van der Waals surface area contributed by atoms with Crippen molar-refractivity contribution in [3.8, 4) is 11.1 Å². The highest BCUT2D eigenvalue weighted by atomic mass is 32.1. The van der Waals surface area contributed by atoms with E-state index in [-0.39, 0.29) is 17.9 Å². The molecular formula is C24H25N5O3S. The number of fused-ring (bicyclic) bond motifs is 2. The summed E-state index contributed by atoms with van der Waals surface area (Å²) >= 11 is 1.46. The first-order valence-electron chi connectivity index (χ1n) is 11.5. The van der Waals surface area contributed by atoms with Gasteiger partial charge in [0.25, 0.3) is 0 Å². The standard InChI is InChI=1S/C24H25N5O3S/c30-22(14-1-2-14)28-23-27-17-4-3-15(10-21(17)33-23)16-9-20-18(26-12-16)11-19(29(20)24(31)32)13-5-7-25-8-6-13/h3-4,9-10,12-14,19,25H,1-2,5-8,11H2,(H,31,32)(H,27,28,30). The van der Waals surface area contributed by atoms with Crippen LogP contribution in [-0.4, -0.2) is 46.2 Å². The molecule has 1 aliphatic carbocycles. The van der Waals surface area contributed by atoms with Crippen LogP contribution in [0.2, 0.25) is 0 Å². The number of hydrogen-bond acceptors (Lipinski definition) is 6. The maximum absolute atomic E-state index is 12.2. The molecule has 8 nitrogen and oxygen atoms in total. The van der Waals surface area contributed by atoms with Crippen molar-refractivity contribution in [2.75, 3.05) is 23.3 Å². The zero-order valence-corrected chi connectivity index (χ0v) is 18.9. The molecule has 1 unspecified atom stereocenters. The van der Waals surface area contributed by atoms with Crippen LogP contribution in [0.25, 0.3) is 21.3 Å². The number of amides is 2. The summed E-state index contributed by atoms with van der Waals surface area (Å²) in [5, 5.41) is 16.9. The van der Waals surface area contributed by atoms with Gasteiger partial charge in [-0.2, -0.15) is 0 Å². The van der Waals surface area contributed by atoms with Gasteiger partial charge in [-0.25, -0.2) is 9.78 Å². The number of hydrogen-bond donors (Lipinski definition) is 3. The maximum Gasteiger partial charge on any atom is 0.412 e. The molecule has 0 spiro atoms. The van der Waals surface area contributed by atoms with E-state index in [4.69, 9.17) is 0 Å². The molecule has 2 aliphatic heterocycles. The van der Waals surface area contributed by atoms with E-state index < -0.39 is 6.09 Å². The first-order valence-corrected chi connectivity index (χ1v) is 12.3. The van der Waals surface area contributed by atoms with Gasteiger partial charge in [-0.3, -0.25) is 14.7 Å². The van der Waals surface area contributed by atoms with E-state index in [1.807, 2.05) is 30.5 Å². The Morgan fingerprint density at radius 3 is 2.70 bits per heavy atom. The number of pyridine rings is 1. The molecule has 3 aromatic rings. The van der Waals surface area contributed by atoms with Crippen molar-refractivity contribution >= 4 is 44.4 Å². The van der Waals surface area contributed by atoms with Gasteiger partial charge in [0.2, 0.25) is 5.91 Å². The van der Waals surface area contributed by atoms with Crippen LogP contribution in [-0.2, 0) is 11.2 Å². The minimum absolute atomic E-state index is 0.0502. The number of anilines is 2. The van der Waals surface area contributed by atoms with Gasteiger partial charge < -0.3 is 15.7 Å². The highest BCUT2D eigenvalue weighted by Crippen LogP contribution is 2.40. The summed E-state index contributed by atoms with van der Waals surface area (Å²) in [7, 11) is 0. The Hall–Kier alpha value is -3.04. The number of rotatable bonds is 4. The summed E-state index contributed by atoms with van der Waals surface area (Å²) in [6.07, 6.45) is 5.47. The van der Waals surface area contributed by atoms with Gasteiger partial charge in [0.05, 0.1) is 21.6 Å². The molecule has 1 saturated carbocycles. The predicted octanol–water partition coefficient (Wildman–Crippen LogP) is 4.12. The van der Waals surface area contributed by atoms with Crippen molar-refractivity contribution in [3.05, 3.63) is 36.2 Å². The normalized spacial score (nSPS) is 20.7. The van der Waals surface area contributed by atoms with Crippen LogP contribution in [0.15, 0.2) is 30.5 Å². The fourth-order valence-corrected chi connectivity index (χ4v) is 5.94. The Balaban J connectivity index is 1.29. The number of thiazole rings is 1. The number of carboxylic acid groups (broad SMARTS) is 1. The topological polar surface area (TPSA) is 107 Å². The number of nitrogens with one attached hydrogen (secondary N) is 2. The van der Waals surface area contributed by atoms with Gasteiger partial charge >= 0.3 is 6.09 Å². The fraction of sp³-hybridized carbons (Fsp3) is 0.417. The SMILES string of the molecule is O=C(Nc1nc2ccc(-c3cnc4c(c3)N(C(=O)O)C(C3CCNCC3)C4)cc2s1)C1CC1. The molecule has 2 amide bonds. The highest BCUT2D eigenvalue weighted by molar-refractivity contribution is 7.22. The summed E-state index contributed by atoms with van der Waals surface area (Å²) in [6, 6.07) is 7.85. The van der Waals surface area contributed by atoms with Crippen LogP contribution >= 0.6 is 11.3 Å². The fourth-order valence-electron chi connectivity index (χ4n) is 5.04. The van der Waals surface area contributed by atoms with Gasteiger partial charge in [-0.1, -0.05) is 17.4 Å². The van der Waals surface area contributed by atoms with Gasteiger partial charge in [0, 0.05) is 30.1 Å². The van der Waals surface area contributed by atoms with Crippen molar-refractivity contribution in [2.24, 2.45) is 11.8 Å². The van der Waals surface area contributed by atoms with Gasteiger partial charge in [0.15, 0.2) is 5.13 Å². The molecule has 1 atom stereocenters. The summed E-state index contributed by atoms with van der Waals surface area (Å²) in [5.74, 6) is 0.530. The molecule has 0 bridgehead atoms. The molecule has 9 heteroatoms. The number of aromatic nitrogens is 2. The van der Waals surface area contributed by atoms with Crippen LogP contribution < -0.4 is 15.5 Å². The minimum Gasteiger partial charge on any atom is -0.465 e. The third-order valence-electron chi connectivity index (χ3n) is 6.98. The summed E-state index contributed by atoms with van der Waals surface area (Å²) in [6.45, 7) is 1.86. The summed E-state index contributed by atoms with van der Waals surface area (Å²) in [5.41, 5.74) is 4.23. The predicted molar refractivity (Wildman–Crippen MR) is 128 cm³/mol. The average Bonchev–Trinajstić information content (AvgIpc) is 3.49. The smallest absolute Gasteiger partial charge is 0.412 e. The van der Waals surface area contributed by atoms with Crippen LogP contribution in [0.4, 0.5) is 15.6 Å². The first kappa shape index (κ1) is 20.6. The zero-order valence-electron chi connectivity index (χ0n) is 18.1. The number of carbonyl (C=O) groups is 2. The molecule has 2 fully saturated rings. The van der Waals surface area contributed by atoms with Crippen LogP contribution in [0.3, 0.4) is 0 Å². The second-order valence-corrected chi connectivity index (χ2v) is 10.2. The van der Waals surface area contributed by atoms with Gasteiger partial charge in [-0.15, -0.1) is 0 Å². The van der Waals surface area contributed by atoms with Crippen molar-refractivity contribution < 1.29 is 14.7 Å². The number of benzene rings is 1. The molecule has 1 aromatic carbocycles. The quantitative estimate of drug-likeness (QED) is 0.537. The molecule has 3 aliphatic rings. The Morgan fingerprint density at radius 2 is 1.94 bits per heavy atom. The molecule has 4 heterocycles. The van der Waals surface area contributed by atoms with E-state index in [0.717, 1.165) is 65.8 Å². The second-order valence-electron chi connectivity index (χ2n) is 9.17. The molecule has 2 aromatic heterocycles. The number of nitrogens with zero attached hydrogens (tertiary/aromatic N) is 3. The largest absolute Gasteiger partial charge is 0.465 e. The lowest BCUT2D eigenvalue weighted by Crippen LogP contribution is -2.45. The van der Waals surface area contributed by atoms with Gasteiger partial charge in [-0.05, 0) is 68.5 Å². The van der Waals surface area contributed by atoms with E-state index >= 15 is 0 Å². The molecule has 1 saturated heterocycles. The molecule has 3 N–H and O–H groups in total. The van der Waals surface area contributed by atoms with E-state index in [9.17, 15) is 14.7 Å². The average molecular weight is 464 g/mol. The molecule has 6 rings (SSSR count). The lowest BCUT2D eigenvalue weighted by atomic mass is 9.88. The van der Waals surface area contributed by atoms with Crippen molar-refractivity contribution in [1.82, 2.24) is 15.3 Å². The van der Waals surface area contributed by atoms with E-state index in [1.54, 1.807) is 4.90 Å². The van der Waals surface area contributed by atoms with Gasteiger partial charge in [0.1, 0.15) is 0 Å². The second kappa shape index (κ2) is 8.07. The zero-order chi connectivity index (χ0) is 22.5. The van der Waals surface area contributed by atoms with Crippen molar-refractivity contribution in [2.45, 2.75) is 38.1 Å². The Bertz CT molecular complexity index is 1250. The maximum atomic E-state index is 12.2. The summed E-state index contributed by atoms with van der Waals surface area (Å²) in [4.78, 5) is 35.0. The van der Waals surface area contributed by atoms with E-state index in [1.165, 1.54) is 11.3 Å². The van der Waals surface area contributed by atoms with E-state index in [0.29, 0.717) is 23.2 Å². The minimum atomic E-state index is -0.912. The van der Waals surface area contributed by atoms with Crippen LogP contribution in [0, 0.1) is 11.8 Å². The Labute approximate surface area is 195 Å². The summed E-state index contributed by atoms with van der Waals surface area (Å²) < 4.78 is 0.974. The molecule has 33 heavy (non-hydrogen) atoms. The third-order valence-corrected chi connectivity index (χ3v) is 7.91.